The Morgan fingerprint density at radius 3 is 1.50 bits per heavy atom. The Balaban J connectivity index is 0.000000314. The summed E-state index contributed by atoms with van der Waals surface area (Å²) in [5.41, 5.74) is 8.95. The number of nitrogens with two attached hydrogens (primary N) is 1. The third kappa shape index (κ3) is 13.6. The summed E-state index contributed by atoms with van der Waals surface area (Å²) in [6.07, 6.45) is 12.4. The third-order valence-electron chi connectivity index (χ3n) is 6.23. The Bertz CT molecular complexity index is 1590. The number of aliphatic hydroxyl groups is 2. The second-order valence-electron chi connectivity index (χ2n) is 9.73. The number of rotatable bonds is 3. The van der Waals surface area contributed by atoms with Gasteiger partial charge in [-0.25, -0.2) is 15.0 Å². The van der Waals surface area contributed by atoms with Gasteiger partial charge in [0.2, 0.25) is 0 Å². The first-order chi connectivity index (χ1) is 20.9. The number of nitrogens with zero attached hydrogens (tertiary/aromatic N) is 5. The smallest absolute Gasteiger partial charge is 0.423 e. The molecule has 2 atom stereocenters. The van der Waals surface area contributed by atoms with Gasteiger partial charge in [-0.2, -0.15) is 0 Å². The van der Waals surface area contributed by atoms with Crippen LogP contribution in [-0.4, -0.2) is 69.5 Å². The van der Waals surface area contributed by atoms with Gasteiger partial charge >= 0.3 is 7.12 Å². The van der Waals surface area contributed by atoms with Crippen LogP contribution in [0, 0.1) is 64.8 Å². The van der Waals surface area contributed by atoms with E-state index in [1.54, 1.807) is 6.20 Å². The van der Waals surface area contributed by atoms with Crippen LogP contribution in [0.5, 0.6) is 0 Å². The predicted molar refractivity (Wildman–Crippen MR) is 181 cm³/mol. The van der Waals surface area contributed by atoms with Crippen molar-refractivity contribution in [3.8, 4) is 11.6 Å². The van der Waals surface area contributed by atoms with Crippen LogP contribution in [0.3, 0.4) is 0 Å². The Hall–Kier alpha value is -1.96. The minimum absolute atomic E-state index is 0. The molecule has 6 heterocycles. The summed E-state index contributed by atoms with van der Waals surface area (Å²) < 4.78 is 10.4. The Labute approximate surface area is 321 Å². The first-order valence-electron chi connectivity index (χ1n) is 13.5. The van der Waals surface area contributed by atoms with Crippen LogP contribution in [0.25, 0.3) is 11.6 Å². The van der Waals surface area contributed by atoms with Gasteiger partial charge in [0.05, 0.1) is 0 Å². The molecule has 0 saturated carbocycles. The normalized spacial score (nSPS) is 14.5. The van der Waals surface area contributed by atoms with Crippen LogP contribution in [0.15, 0.2) is 94.8 Å². The van der Waals surface area contributed by atoms with Gasteiger partial charge < -0.3 is 45.3 Å². The van der Waals surface area contributed by atoms with Crippen LogP contribution >= 0.6 is 31.9 Å². The Morgan fingerprint density at radius 2 is 1.15 bits per heavy atom. The molecule has 0 aromatic carbocycles. The summed E-state index contributed by atoms with van der Waals surface area (Å²) in [6.45, 7) is 5.85. The predicted octanol–water partition coefficient (Wildman–Crippen LogP) is 3.15. The minimum Gasteiger partial charge on any atom is -0.423 e. The van der Waals surface area contributed by atoms with E-state index < -0.39 is 19.7 Å². The molecule has 5 aromatic rings. The molecular weight excluding hydrogens is 938 g/mol. The Morgan fingerprint density at radius 1 is 0.739 bits per heavy atom. The van der Waals surface area contributed by atoms with Crippen LogP contribution in [0.2, 0.25) is 0 Å². The molecule has 2 unspecified atom stereocenters. The molecule has 0 bridgehead atoms. The number of hydrogen-bond acceptors (Lipinski definition) is 9. The van der Waals surface area contributed by atoms with Gasteiger partial charge in [0.15, 0.2) is 12.6 Å². The first-order valence-corrected chi connectivity index (χ1v) is 15.1. The van der Waals surface area contributed by atoms with Gasteiger partial charge in [-0.3, -0.25) is 0 Å². The van der Waals surface area contributed by atoms with Crippen LogP contribution in [0.4, 0.5) is 5.82 Å². The minimum atomic E-state index is -1.46. The average molecular weight is 975 g/mol. The van der Waals surface area contributed by atoms with E-state index in [1.807, 2.05) is 96.4 Å². The summed E-state index contributed by atoms with van der Waals surface area (Å²) in [5.74, 6) is 2.28. The largest absolute Gasteiger partial charge is 0.490 e. The number of ether oxygens (including phenoxy) is 1. The van der Waals surface area contributed by atoms with Gasteiger partial charge in [-0.15, -0.1) is 0 Å². The molecule has 5 aromatic heterocycles. The number of hydrogen-bond donors (Lipinski definition) is 5. The van der Waals surface area contributed by atoms with E-state index >= 15 is 0 Å². The second-order valence-corrected chi connectivity index (χ2v) is 11.4. The fraction of sp³-hybridized carbons (Fsp3) is 0.233. The van der Waals surface area contributed by atoms with E-state index in [4.69, 9.17) is 26.0 Å². The van der Waals surface area contributed by atoms with Gasteiger partial charge in [0.25, 0.3) is 0 Å². The molecular formula is C30H37AcBBr2N6O6. The van der Waals surface area contributed by atoms with E-state index in [0.29, 0.717) is 24.1 Å². The molecule has 1 radical (unpaired) electrons. The summed E-state index contributed by atoms with van der Waals surface area (Å²) in [5, 5.41) is 35.1. The SMILES string of the molecule is Cc1cc(-n2cccc2)ncc1B(O)O.Cc1cc(-n2cccc2)ncc1Br.Cc1cc(N)ncc1Br.O.OC1CCC(O)O1.[Ac]. The first kappa shape index (κ1) is 42.1. The van der Waals surface area contributed by atoms with Crippen molar-refractivity contribution in [1.82, 2.24) is 24.1 Å². The number of halogens is 2. The second kappa shape index (κ2) is 21.1. The maximum absolute atomic E-state index is 9.03. The van der Waals surface area contributed by atoms with Crippen LogP contribution in [0.1, 0.15) is 29.5 Å². The monoisotopic (exact) mass is 973 g/mol. The number of nitrogen functional groups attached to an aromatic ring is 1. The molecule has 0 amide bonds. The number of aryl methyl sites for hydroxylation is 3. The number of aliphatic hydroxyl groups excluding tert-OH is 2. The molecule has 1 saturated heterocycles. The van der Waals surface area contributed by atoms with E-state index in [-0.39, 0.29) is 49.5 Å². The molecule has 1 aliphatic heterocycles. The van der Waals surface area contributed by atoms with Crippen molar-refractivity contribution in [3.05, 3.63) is 111 Å². The zero-order valence-electron chi connectivity index (χ0n) is 25.6. The molecule has 1 fully saturated rings. The maximum Gasteiger partial charge on any atom is 0.490 e. The Kier molecular flexibility index (Phi) is 19.3. The number of anilines is 1. The van der Waals surface area contributed by atoms with Gasteiger partial charge in [0, 0.05) is 115 Å². The molecule has 1 aliphatic rings. The fourth-order valence-electron chi connectivity index (χ4n) is 3.77. The van der Waals surface area contributed by atoms with E-state index in [1.165, 1.54) is 11.8 Å². The average Bonchev–Trinajstić information content (AvgIpc) is 3.78. The van der Waals surface area contributed by atoms with Crippen molar-refractivity contribution >= 4 is 50.3 Å². The van der Waals surface area contributed by atoms with Crippen molar-refractivity contribution in [1.29, 1.82) is 0 Å². The molecule has 12 nitrogen and oxygen atoms in total. The molecule has 8 N–H and O–H groups in total. The molecule has 0 aliphatic carbocycles. The van der Waals surface area contributed by atoms with E-state index in [2.05, 4.69) is 58.5 Å². The van der Waals surface area contributed by atoms with Gasteiger partial charge in [-0.1, -0.05) is 0 Å². The topological polar surface area (TPSA) is 196 Å². The zero-order valence-corrected chi connectivity index (χ0v) is 33.5. The number of pyridine rings is 3. The summed E-state index contributed by atoms with van der Waals surface area (Å²) in [7, 11) is -1.46. The molecule has 243 valence electrons. The van der Waals surface area contributed by atoms with Crippen molar-refractivity contribution in [2.45, 2.75) is 46.2 Å². The summed E-state index contributed by atoms with van der Waals surface area (Å²) in [6, 6.07) is 13.5. The van der Waals surface area contributed by atoms with Gasteiger partial charge in [0.1, 0.15) is 17.5 Å². The summed E-state index contributed by atoms with van der Waals surface area (Å²) in [4.78, 5) is 12.3. The third-order valence-corrected chi connectivity index (χ3v) is 7.89. The van der Waals surface area contributed by atoms with Crippen molar-refractivity contribution < 1.29 is 74.5 Å². The molecule has 16 heteroatoms. The maximum atomic E-state index is 9.03. The van der Waals surface area contributed by atoms with Gasteiger partial charge in [-0.05, 0) is 112 Å². The van der Waals surface area contributed by atoms with E-state index in [9.17, 15) is 0 Å². The number of aromatic nitrogens is 5. The van der Waals surface area contributed by atoms with Crippen molar-refractivity contribution in [2.75, 3.05) is 5.73 Å². The zero-order chi connectivity index (χ0) is 32.2. The quantitative estimate of drug-likeness (QED) is 0.169. The standard InChI is InChI=1S/C10H11BN2O2.C10H9BrN2.C6H7BrN2.C4H8O3.Ac.H2O/c1-8-6-10(13-4-2-3-5-13)12-7-9(8)11(14)15;1-8-6-10(12-7-9(8)11)13-4-2-3-5-13;1-4-2-6(8)9-3-5(4)7;5-3-1-2-4(6)7-3;;/h2-7,14-15H,1H3;2-7H,1H3;2-3H,1H3,(H2,8,9);3-6H,1-2H2;;1H2. The van der Waals surface area contributed by atoms with E-state index in [0.717, 1.165) is 31.7 Å². The van der Waals surface area contributed by atoms with Crippen LogP contribution in [-0.2, 0) is 4.74 Å². The molecule has 0 spiro atoms. The molecule has 46 heavy (non-hydrogen) atoms. The fourth-order valence-corrected chi connectivity index (χ4v) is 4.20. The van der Waals surface area contributed by atoms with Crippen molar-refractivity contribution in [3.63, 3.8) is 0 Å². The van der Waals surface area contributed by atoms with Crippen LogP contribution < -0.4 is 11.2 Å². The van der Waals surface area contributed by atoms with Crippen molar-refractivity contribution in [2.24, 2.45) is 0 Å². The summed E-state index contributed by atoms with van der Waals surface area (Å²) >= 11 is 6.73. The molecule has 6 rings (SSSR count).